The van der Waals surface area contributed by atoms with E-state index in [1.807, 2.05) is 29.2 Å². The molecule has 1 aliphatic heterocycles. The SMILES string of the molecule is O=C(c1cccc(Nc2cnccn2)c1)N1CCCC1Cn1cncn1. The summed E-state index contributed by atoms with van der Waals surface area (Å²) in [4.78, 5) is 27.2. The Labute approximate surface area is 150 Å². The van der Waals surface area contributed by atoms with Crippen LogP contribution in [0.4, 0.5) is 11.5 Å². The lowest BCUT2D eigenvalue weighted by Gasteiger charge is -2.25. The highest BCUT2D eigenvalue weighted by atomic mass is 16.2. The second-order valence-corrected chi connectivity index (χ2v) is 6.21. The van der Waals surface area contributed by atoms with Crippen LogP contribution in [0.15, 0.2) is 55.5 Å². The number of amides is 1. The summed E-state index contributed by atoms with van der Waals surface area (Å²) in [5.41, 5.74) is 1.47. The van der Waals surface area contributed by atoms with Gasteiger partial charge in [0, 0.05) is 30.2 Å². The summed E-state index contributed by atoms with van der Waals surface area (Å²) in [6.45, 7) is 1.43. The van der Waals surface area contributed by atoms with Crippen molar-refractivity contribution in [2.24, 2.45) is 0 Å². The number of anilines is 2. The molecule has 2 aromatic heterocycles. The molecule has 0 bridgehead atoms. The number of nitrogens with one attached hydrogen (secondary N) is 1. The highest BCUT2D eigenvalue weighted by molar-refractivity contribution is 5.95. The van der Waals surface area contributed by atoms with Crippen LogP contribution in [0.3, 0.4) is 0 Å². The Kier molecular flexibility index (Phi) is 4.55. The molecule has 1 aliphatic rings. The summed E-state index contributed by atoms with van der Waals surface area (Å²) in [5.74, 6) is 0.678. The van der Waals surface area contributed by atoms with E-state index in [1.54, 1.807) is 29.6 Å². The fraction of sp³-hybridized carbons (Fsp3) is 0.278. The fourth-order valence-electron chi connectivity index (χ4n) is 3.24. The van der Waals surface area contributed by atoms with Crippen LogP contribution in [0, 0.1) is 0 Å². The maximum Gasteiger partial charge on any atom is 0.254 e. The van der Waals surface area contributed by atoms with Gasteiger partial charge in [-0.1, -0.05) is 6.07 Å². The van der Waals surface area contributed by atoms with Crippen molar-refractivity contribution in [3.63, 3.8) is 0 Å². The van der Waals surface area contributed by atoms with Gasteiger partial charge in [-0.15, -0.1) is 0 Å². The number of carbonyl (C=O) groups excluding carboxylic acids is 1. The fourth-order valence-corrected chi connectivity index (χ4v) is 3.24. The van der Waals surface area contributed by atoms with Crippen molar-refractivity contribution in [1.29, 1.82) is 0 Å². The van der Waals surface area contributed by atoms with Crippen LogP contribution in [0.5, 0.6) is 0 Å². The Hall–Kier alpha value is -3.29. The van der Waals surface area contributed by atoms with Crippen LogP contribution in [0.2, 0.25) is 0 Å². The Balaban J connectivity index is 1.49. The number of hydrogen-bond acceptors (Lipinski definition) is 6. The molecule has 1 amide bonds. The van der Waals surface area contributed by atoms with E-state index in [0.717, 1.165) is 25.1 Å². The zero-order valence-corrected chi connectivity index (χ0v) is 14.2. The van der Waals surface area contributed by atoms with Gasteiger partial charge in [0.25, 0.3) is 5.91 Å². The number of nitrogens with zero attached hydrogens (tertiary/aromatic N) is 6. The first-order valence-electron chi connectivity index (χ1n) is 8.56. The second kappa shape index (κ2) is 7.30. The minimum atomic E-state index is 0.0374. The Morgan fingerprint density at radius 2 is 2.23 bits per heavy atom. The van der Waals surface area contributed by atoms with Gasteiger partial charge in [-0.3, -0.25) is 14.5 Å². The smallest absolute Gasteiger partial charge is 0.254 e. The molecule has 1 N–H and O–H groups in total. The van der Waals surface area contributed by atoms with E-state index in [-0.39, 0.29) is 11.9 Å². The number of rotatable bonds is 5. The maximum absolute atomic E-state index is 13.0. The summed E-state index contributed by atoms with van der Waals surface area (Å²) in [7, 11) is 0. The molecule has 8 nitrogen and oxygen atoms in total. The van der Waals surface area contributed by atoms with Crippen LogP contribution in [-0.4, -0.2) is 48.1 Å². The lowest BCUT2D eigenvalue weighted by molar-refractivity contribution is 0.0721. The average Bonchev–Trinajstić information content (AvgIpc) is 3.35. The topological polar surface area (TPSA) is 88.8 Å². The zero-order chi connectivity index (χ0) is 17.8. The number of benzene rings is 1. The van der Waals surface area contributed by atoms with E-state index in [0.29, 0.717) is 17.9 Å². The molecule has 26 heavy (non-hydrogen) atoms. The van der Waals surface area contributed by atoms with E-state index in [4.69, 9.17) is 0 Å². The predicted octanol–water partition coefficient (Wildman–Crippen LogP) is 2.12. The summed E-state index contributed by atoms with van der Waals surface area (Å²) < 4.78 is 1.78. The summed E-state index contributed by atoms with van der Waals surface area (Å²) >= 11 is 0. The van der Waals surface area contributed by atoms with Crippen LogP contribution in [0.1, 0.15) is 23.2 Å². The molecule has 0 spiro atoms. The number of hydrogen-bond donors (Lipinski definition) is 1. The largest absolute Gasteiger partial charge is 0.339 e. The van der Waals surface area contributed by atoms with E-state index in [2.05, 4.69) is 25.4 Å². The normalized spacial score (nSPS) is 16.6. The van der Waals surface area contributed by atoms with Gasteiger partial charge in [-0.2, -0.15) is 5.10 Å². The van der Waals surface area contributed by atoms with Gasteiger partial charge >= 0.3 is 0 Å². The minimum absolute atomic E-state index is 0.0374. The van der Waals surface area contributed by atoms with Crippen molar-refractivity contribution in [1.82, 2.24) is 29.6 Å². The van der Waals surface area contributed by atoms with E-state index in [9.17, 15) is 4.79 Å². The molecule has 1 fully saturated rings. The van der Waals surface area contributed by atoms with Gasteiger partial charge in [0.1, 0.15) is 18.5 Å². The standard InChI is InChI=1S/C18H19N7O/c26-18(25-8-2-5-16(25)11-24-13-20-12-22-24)14-3-1-4-15(9-14)23-17-10-19-6-7-21-17/h1,3-4,6-7,9-10,12-13,16H,2,5,8,11H2,(H,21,23). The lowest BCUT2D eigenvalue weighted by Crippen LogP contribution is -2.38. The molecule has 1 saturated heterocycles. The monoisotopic (exact) mass is 349 g/mol. The molecule has 0 aliphatic carbocycles. The van der Waals surface area contributed by atoms with Gasteiger partial charge < -0.3 is 10.2 Å². The van der Waals surface area contributed by atoms with Gasteiger partial charge in [0.15, 0.2) is 0 Å². The number of carbonyl (C=O) groups is 1. The van der Waals surface area contributed by atoms with E-state index >= 15 is 0 Å². The molecular formula is C18H19N7O. The Bertz CT molecular complexity index is 866. The summed E-state index contributed by atoms with van der Waals surface area (Å²) in [6, 6.07) is 7.61. The number of likely N-dealkylation sites (tertiary alicyclic amines) is 1. The highest BCUT2D eigenvalue weighted by Gasteiger charge is 2.29. The Morgan fingerprint density at radius 3 is 3.04 bits per heavy atom. The number of aromatic nitrogens is 5. The quantitative estimate of drug-likeness (QED) is 0.759. The summed E-state index contributed by atoms with van der Waals surface area (Å²) in [5, 5.41) is 7.32. The average molecular weight is 349 g/mol. The first kappa shape index (κ1) is 16.2. The maximum atomic E-state index is 13.0. The molecular weight excluding hydrogens is 330 g/mol. The second-order valence-electron chi connectivity index (χ2n) is 6.21. The van der Waals surface area contributed by atoms with E-state index < -0.39 is 0 Å². The third-order valence-electron chi connectivity index (χ3n) is 4.45. The molecule has 4 rings (SSSR count). The van der Waals surface area contributed by atoms with Crippen LogP contribution < -0.4 is 5.32 Å². The first-order valence-corrected chi connectivity index (χ1v) is 8.56. The zero-order valence-electron chi connectivity index (χ0n) is 14.2. The highest BCUT2D eigenvalue weighted by Crippen LogP contribution is 2.23. The van der Waals surface area contributed by atoms with E-state index in [1.165, 1.54) is 6.33 Å². The van der Waals surface area contributed by atoms with Crippen molar-refractivity contribution in [3.8, 4) is 0 Å². The van der Waals surface area contributed by atoms with Crippen molar-refractivity contribution >= 4 is 17.4 Å². The van der Waals surface area contributed by atoms with Gasteiger partial charge in [-0.25, -0.2) is 9.97 Å². The van der Waals surface area contributed by atoms with Crippen molar-refractivity contribution in [2.45, 2.75) is 25.4 Å². The third-order valence-corrected chi connectivity index (χ3v) is 4.45. The molecule has 0 radical (unpaired) electrons. The molecule has 132 valence electrons. The molecule has 1 aromatic carbocycles. The predicted molar refractivity (Wildman–Crippen MR) is 95.8 cm³/mol. The van der Waals surface area contributed by atoms with Crippen molar-refractivity contribution in [3.05, 3.63) is 61.1 Å². The first-order chi connectivity index (χ1) is 12.8. The van der Waals surface area contributed by atoms with Crippen molar-refractivity contribution < 1.29 is 4.79 Å². The third kappa shape index (κ3) is 3.53. The molecule has 3 heterocycles. The molecule has 8 heteroatoms. The molecule has 1 atom stereocenters. The van der Waals surface area contributed by atoms with Crippen LogP contribution >= 0.6 is 0 Å². The minimum Gasteiger partial charge on any atom is -0.339 e. The summed E-state index contributed by atoms with van der Waals surface area (Å²) in [6.07, 6.45) is 10.1. The van der Waals surface area contributed by atoms with Crippen molar-refractivity contribution in [2.75, 3.05) is 11.9 Å². The van der Waals surface area contributed by atoms with Crippen LogP contribution in [-0.2, 0) is 6.54 Å². The lowest BCUT2D eigenvalue weighted by atomic mass is 10.1. The Morgan fingerprint density at radius 1 is 1.27 bits per heavy atom. The van der Waals surface area contributed by atoms with Gasteiger partial charge in [-0.05, 0) is 31.0 Å². The van der Waals surface area contributed by atoms with Gasteiger partial charge in [0.05, 0.1) is 18.8 Å². The van der Waals surface area contributed by atoms with Gasteiger partial charge in [0.2, 0.25) is 0 Å². The molecule has 0 saturated carbocycles. The molecule has 1 unspecified atom stereocenters. The molecule has 3 aromatic rings. The van der Waals surface area contributed by atoms with Crippen LogP contribution in [0.25, 0.3) is 0 Å².